The number of carboxylic acid groups (broad SMARTS) is 1. The second-order valence-corrected chi connectivity index (χ2v) is 7.15. The molecular formula is C23H30O5. The van der Waals surface area contributed by atoms with Gasteiger partial charge in [0.05, 0.1) is 5.56 Å². The molecule has 0 saturated heterocycles. The summed E-state index contributed by atoms with van der Waals surface area (Å²) in [7, 11) is 0. The van der Waals surface area contributed by atoms with Crippen molar-refractivity contribution < 1.29 is 24.9 Å². The summed E-state index contributed by atoms with van der Waals surface area (Å²) in [6.45, 7) is 7.29. The van der Waals surface area contributed by atoms with Gasteiger partial charge in [0, 0.05) is 11.1 Å². The number of hydrogen-bond acceptors (Lipinski definition) is 4. The van der Waals surface area contributed by atoms with Crippen LogP contribution in [0.15, 0.2) is 41.0 Å². The summed E-state index contributed by atoms with van der Waals surface area (Å²) >= 11 is 0. The maximum Gasteiger partial charge on any atom is 0.330 e. The van der Waals surface area contributed by atoms with Gasteiger partial charge in [-0.1, -0.05) is 29.4 Å². The van der Waals surface area contributed by atoms with Crippen LogP contribution in [0.4, 0.5) is 0 Å². The Hall–Kier alpha value is -2.82. The molecule has 5 nitrogen and oxygen atoms in total. The fraction of sp³-hybridized carbons (Fsp3) is 0.391. The summed E-state index contributed by atoms with van der Waals surface area (Å²) < 4.78 is 0. The first kappa shape index (κ1) is 23.2. The van der Waals surface area contributed by atoms with Gasteiger partial charge in [-0.3, -0.25) is 4.79 Å². The van der Waals surface area contributed by atoms with E-state index in [1.165, 1.54) is 11.6 Å². The van der Waals surface area contributed by atoms with E-state index in [-0.39, 0.29) is 17.1 Å². The van der Waals surface area contributed by atoms with E-state index in [0.29, 0.717) is 35.8 Å². The molecular weight excluding hydrogens is 356 g/mol. The van der Waals surface area contributed by atoms with Gasteiger partial charge in [0.25, 0.3) is 0 Å². The number of aliphatic carboxylic acids is 1. The number of phenols is 2. The van der Waals surface area contributed by atoms with E-state index >= 15 is 0 Å². The summed E-state index contributed by atoms with van der Waals surface area (Å²) in [6.07, 6.45) is 10.0. The van der Waals surface area contributed by atoms with E-state index in [1.807, 2.05) is 19.9 Å². The van der Waals surface area contributed by atoms with Crippen molar-refractivity contribution in [2.75, 3.05) is 0 Å². The predicted octanol–water partition coefficient (Wildman–Crippen LogP) is 5.25. The molecule has 0 amide bonds. The number of rotatable bonds is 10. The Balaban J connectivity index is 2.62. The lowest BCUT2D eigenvalue weighted by Crippen LogP contribution is -1.95. The lowest BCUT2D eigenvalue weighted by molar-refractivity contribution is -0.132. The molecule has 0 aliphatic heterocycles. The van der Waals surface area contributed by atoms with Crippen LogP contribution in [-0.4, -0.2) is 27.6 Å². The monoisotopic (exact) mass is 386 g/mol. The number of aryl methyl sites for hydroxylation is 1. The van der Waals surface area contributed by atoms with Crippen molar-refractivity contribution in [3.8, 4) is 11.5 Å². The molecule has 1 aromatic carbocycles. The summed E-state index contributed by atoms with van der Waals surface area (Å²) in [6, 6.07) is 1.49. The number of aromatic hydroxyl groups is 2. The number of allylic oxidation sites excluding steroid dienone is 5. The first-order valence-corrected chi connectivity index (χ1v) is 9.38. The van der Waals surface area contributed by atoms with Crippen molar-refractivity contribution in [2.24, 2.45) is 0 Å². The van der Waals surface area contributed by atoms with Gasteiger partial charge in [-0.05, 0) is 71.4 Å². The molecule has 0 atom stereocenters. The smallest absolute Gasteiger partial charge is 0.330 e. The molecule has 3 N–H and O–H groups in total. The Kier molecular flexibility index (Phi) is 9.22. The molecule has 0 heterocycles. The van der Waals surface area contributed by atoms with Crippen molar-refractivity contribution in [1.82, 2.24) is 0 Å². The van der Waals surface area contributed by atoms with Crippen LogP contribution >= 0.6 is 0 Å². The summed E-state index contributed by atoms with van der Waals surface area (Å²) in [5.74, 6) is -1.05. The van der Waals surface area contributed by atoms with Crippen LogP contribution < -0.4 is 0 Å². The molecule has 0 aliphatic rings. The summed E-state index contributed by atoms with van der Waals surface area (Å²) in [5.41, 5.74) is 3.82. The zero-order valence-electron chi connectivity index (χ0n) is 17.1. The SMILES string of the molecule is C/C(=C\CC/C(C)=C/Cc1c(O)cc(C)c(C=O)c1O)CC/C=C(\C)C(=O)O. The number of benzene rings is 1. The number of aldehydes is 1. The van der Waals surface area contributed by atoms with Crippen LogP contribution in [0.25, 0.3) is 0 Å². The molecule has 0 spiro atoms. The van der Waals surface area contributed by atoms with Crippen molar-refractivity contribution >= 4 is 12.3 Å². The van der Waals surface area contributed by atoms with Crippen LogP contribution in [0.3, 0.4) is 0 Å². The largest absolute Gasteiger partial charge is 0.508 e. The molecule has 0 fully saturated rings. The normalized spacial score (nSPS) is 12.9. The standard InChI is InChI=1S/C23H30O5/c1-15(9-6-10-17(3)23(27)28)7-5-8-16(2)11-12-19-21(25)13-18(4)20(14-24)22(19)26/h7,10-11,13-14,25-26H,5-6,8-9,12H2,1-4H3,(H,27,28)/b15-7+,16-11+,17-10+. The Morgan fingerprint density at radius 3 is 2.14 bits per heavy atom. The van der Waals surface area contributed by atoms with E-state index < -0.39 is 5.97 Å². The number of phenolic OH excluding ortho intramolecular Hbond substituents is 2. The highest BCUT2D eigenvalue weighted by molar-refractivity contribution is 5.85. The lowest BCUT2D eigenvalue weighted by Gasteiger charge is -2.10. The van der Waals surface area contributed by atoms with E-state index in [1.54, 1.807) is 19.9 Å². The maximum absolute atomic E-state index is 11.1. The molecule has 152 valence electrons. The molecule has 1 aromatic rings. The first-order valence-electron chi connectivity index (χ1n) is 9.38. The fourth-order valence-corrected chi connectivity index (χ4v) is 2.82. The fourth-order valence-electron chi connectivity index (χ4n) is 2.82. The molecule has 0 aromatic heterocycles. The summed E-state index contributed by atoms with van der Waals surface area (Å²) in [5, 5.41) is 29.1. The summed E-state index contributed by atoms with van der Waals surface area (Å²) in [4.78, 5) is 21.8. The van der Waals surface area contributed by atoms with Gasteiger partial charge in [0.2, 0.25) is 0 Å². The molecule has 0 bridgehead atoms. The van der Waals surface area contributed by atoms with E-state index in [9.17, 15) is 19.8 Å². The number of carbonyl (C=O) groups excluding carboxylic acids is 1. The minimum absolute atomic E-state index is 0.00917. The first-order chi connectivity index (χ1) is 13.2. The Labute approximate surface area is 166 Å². The average Bonchev–Trinajstić information content (AvgIpc) is 2.61. The third-order valence-corrected chi connectivity index (χ3v) is 4.76. The number of carbonyl (C=O) groups is 2. The second-order valence-electron chi connectivity index (χ2n) is 7.15. The predicted molar refractivity (Wildman–Crippen MR) is 111 cm³/mol. The molecule has 0 radical (unpaired) electrons. The minimum Gasteiger partial charge on any atom is -0.508 e. The van der Waals surface area contributed by atoms with Gasteiger partial charge in [-0.15, -0.1) is 0 Å². The molecule has 28 heavy (non-hydrogen) atoms. The van der Waals surface area contributed by atoms with Gasteiger partial charge in [0.1, 0.15) is 11.5 Å². The third-order valence-electron chi connectivity index (χ3n) is 4.76. The van der Waals surface area contributed by atoms with Crippen LogP contribution in [0, 0.1) is 6.92 Å². The highest BCUT2D eigenvalue weighted by Gasteiger charge is 2.14. The molecule has 5 heteroatoms. The van der Waals surface area contributed by atoms with Crippen LogP contribution in [-0.2, 0) is 11.2 Å². The van der Waals surface area contributed by atoms with E-state index in [0.717, 1.165) is 24.8 Å². The highest BCUT2D eigenvalue weighted by Crippen LogP contribution is 2.33. The topological polar surface area (TPSA) is 94.8 Å². The zero-order chi connectivity index (χ0) is 21.3. The van der Waals surface area contributed by atoms with E-state index in [2.05, 4.69) is 6.08 Å². The maximum atomic E-state index is 11.1. The van der Waals surface area contributed by atoms with Gasteiger partial charge >= 0.3 is 5.97 Å². The highest BCUT2D eigenvalue weighted by atomic mass is 16.4. The van der Waals surface area contributed by atoms with Gasteiger partial charge in [-0.2, -0.15) is 0 Å². The quantitative estimate of drug-likeness (QED) is 0.290. The number of carboxylic acids is 1. The van der Waals surface area contributed by atoms with Gasteiger partial charge in [0.15, 0.2) is 6.29 Å². The van der Waals surface area contributed by atoms with Crippen LogP contribution in [0.2, 0.25) is 0 Å². The second kappa shape index (κ2) is 11.1. The van der Waals surface area contributed by atoms with Crippen molar-refractivity contribution in [3.05, 3.63) is 57.7 Å². The Morgan fingerprint density at radius 1 is 1.00 bits per heavy atom. The van der Waals surface area contributed by atoms with Gasteiger partial charge in [-0.25, -0.2) is 4.79 Å². The van der Waals surface area contributed by atoms with E-state index in [4.69, 9.17) is 5.11 Å². The van der Waals surface area contributed by atoms with Crippen molar-refractivity contribution in [3.63, 3.8) is 0 Å². The van der Waals surface area contributed by atoms with Crippen molar-refractivity contribution in [1.29, 1.82) is 0 Å². The van der Waals surface area contributed by atoms with Crippen LogP contribution in [0.1, 0.15) is 67.9 Å². The third kappa shape index (κ3) is 7.06. The zero-order valence-corrected chi connectivity index (χ0v) is 17.1. The molecule has 0 unspecified atom stereocenters. The molecule has 1 rings (SSSR count). The van der Waals surface area contributed by atoms with Crippen molar-refractivity contribution in [2.45, 2.75) is 59.8 Å². The Morgan fingerprint density at radius 2 is 1.57 bits per heavy atom. The number of hydrogen-bond donors (Lipinski definition) is 3. The van der Waals surface area contributed by atoms with Crippen LogP contribution in [0.5, 0.6) is 11.5 Å². The minimum atomic E-state index is -0.881. The Bertz CT molecular complexity index is 813. The molecule has 0 saturated carbocycles. The average molecular weight is 386 g/mol. The van der Waals surface area contributed by atoms with Gasteiger partial charge < -0.3 is 15.3 Å². The lowest BCUT2D eigenvalue weighted by atomic mass is 9.99. The molecule has 0 aliphatic carbocycles.